The van der Waals surface area contributed by atoms with E-state index in [1.54, 1.807) is 4.90 Å². The lowest BCUT2D eigenvalue weighted by Crippen LogP contribution is -2.49. The maximum absolute atomic E-state index is 13.1. The number of para-hydroxylation sites is 1. The van der Waals surface area contributed by atoms with E-state index in [-0.39, 0.29) is 11.8 Å². The summed E-state index contributed by atoms with van der Waals surface area (Å²) in [5.74, 6) is 0.672. The van der Waals surface area contributed by atoms with Gasteiger partial charge in [-0.25, -0.2) is 0 Å². The van der Waals surface area contributed by atoms with Gasteiger partial charge in [-0.05, 0) is 49.9 Å². The summed E-state index contributed by atoms with van der Waals surface area (Å²) in [5, 5.41) is 2.86. The number of hydrogen-bond acceptors (Lipinski definition) is 3. The van der Waals surface area contributed by atoms with E-state index in [0.29, 0.717) is 39.0 Å². The first kappa shape index (κ1) is 22.5. The number of nitrogens with zero attached hydrogens (tertiary/aromatic N) is 1. The molecule has 0 radical (unpaired) electrons. The third-order valence-electron chi connectivity index (χ3n) is 4.89. The van der Waals surface area contributed by atoms with Crippen LogP contribution in [0.15, 0.2) is 54.6 Å². The second-order valence-electron chi connectivity index (χ2n) is 7.03. The van der Waals surface area contributed by atoms with Gasteiger partial charge >= 0.3 is 0 Å². The van der Waals surface area contributed by atoms with Crippen LogP contribution in [0.4, 0.5) is 0 Å². The first-order chi connectivity index (χ1) is 14.1. The van der Waals surface area contributed by atoms with Crippen LogP contribution in [0, 0.1) is 6.92 Å². The highest BCUT2D eigenvalue weighted by molar-refractivity contribution is 5.87. The van der Waals surface area contributed by atoms with Crippen molar-refractivity contribution in [2.75, 3.05) is 13.2 Å². The molecule has 2 rings (SSSR count). The van der Waals surface area contributed by atoms with Crippen molar-refractivity contribution in [1.82, 2.24) is 10.2 Å². The van der Waals surface area contributed by atoms with Gasteiger partial charge in [0.15, 0.2) is 0 Å². The van der Waals surface area contributed by atoms with Crippen LogP contribution >= 0.6 is 0 Å². The lowest BCUT2D eigenvalue weighted by atomic mass is 10.1. The summed E-state index contributed by atoms with van der Waals surface area (Å²) >= 11 is 0. The Bertz CT molecular complexity index is 777. The molecule has 2 amide bonds. The Kier molecular flexibility index (Phi) is 9.22. The number of carbonyl (C=O) groups excluding carboxylic acids is 2. The lowest BCUT2D eigenvalue weighted by Gasteiger charge is -2.31. The van der Waals surface area contributed by atoms with Crippen LogP contribution in [0.1, 0.15) is 44.2 Å². The quantitative estimate of drug-likeness (QED) is 0.582. The fourth-order valence-electron chi connectivity index (χ4n) is 3.26. The van der Waals surface area contributed by atoms with Crippen LogP contribution in [-0.4, -0.2) is 35.9 Å². The zero-order chi connectivity index (χ0) is 21.1. The molecule has 2 aromatic rings. The molecule has 0 spiro atoms. The van der Waals surface area contributed by atoms with Crippen molar-refractivity contribution in [2.24, 2.45) is 0 Å². The Morgan fingerprint density at radius 2 is 1.72 bits per heavy atom. The monoisotopic (exact) mass is 396 g/mol. The molecular formula is C24H32N2O3. The molecule has 0 aromatic heterocycles. The van der Waals surface area contributed by atoms with E-state index < -0.39 is 6.04 Å². The summed E-state index contributed by atoms with van der Waals surface area (Å²) in [6.45, 7) is 7.30. The fourth-order valence-corrected chi connectivity index (χ4v) is 3.26. The van der Waals surface area contributed by atoms with Gasteiger partial charge in [0.05, 0.1) is 6.61 Å². The number of hydrogen-bond donors (Lipinski definition) is 1. The smallest absolute Gasteiger partial charge is 0.242 e. The van der Waals surface area contributed by atoms with E-state index in [2.05, 4.69) is 5.32 Å². The largest absolute Gasteiger partial charge is 0.494 e. The van der Waals surface area contributed by atoms with Crippen molar-refractivity contribution in [3.63, 3.8) is 0 Å². The van der Waals surface area contributed by atoms with Crippen LogP contribution in [0.25, 0.3) is 0 Å². The van der Waals surface area contributed by atoms with Crippen molar-refractivity contribution in [2.45, 2.75) is 52.6 Å². The van der Waals surface area contributed by atoms with Gasteiger partial charge in [0.25, 0.3) is 0 Å². The summed E-state index contributed by atoms with van der Waals surface area (Å²) in [6.07, 6.45) is 1.52. The van der Waals surface area contributed by atoms with Crippen molar-refractivity contribution in [3.8, 4) is 5.75 Å². The summed E-state index contributed by atoms with van der Waals surface area (Å²) in [7, 11) is 0. The molecule has 0 saturated heterocycles. The van der Waals surface area contributed by atoms with Crippen molar-refractivity contribution >= 4 is 11.8 Å². The average molecular weight is 397 g/mol. The van der Waals surface area contributed by atoms with Crippen LogP contribution in [0.3, 0.4) is 0 Å². The van der Waals surface area contributed by atoms with E-state index in [0.717, 1.165) is 16.9 Å². The predicted octanol–water partition coefficient (Wildman–Crippen LogP) is 4.10. The molecule has 0 bridgehead atoms. The molecule has 156 valence electrons. The molecule has 1 N–H and O–H groups in total. The Labute approximate surface area is 174 Å². The van der Waals surface area contributed by atoms with E-state index in [4.69, 9.17) is 4.74 Å². The molecule has 1 unspecified atom stereocenters. The van der Waals surface area contributed by atoms with Gasteiger partial charge in [0, 0.05) is 19.5 Å². The van der Waals surface area contributed by atoms with E-state index in [1.807, 2.05) is 75.4 Å². The average Bonchev–Trinajstić information content (AvgIpc) is 2.73. The Morgan fingerprint density at radius 3 is 2.38 bits per heavy atom. The van der Waals surface area contributed by atoms with Gasteiger partial charge in [-0.3, -0.25) is 9.59 Å². The van der Waals surface area contributed by atoms with Gasteiger partial charge in [0.1, 0.15) is 11.8 Å². The second kappa shape index (κ2) is 11.9. The van der Waals surface area contributed by atoms with Gasteiger partial charge in [-0.15, -0.1) is 0 Å². The molecule has 5 heteroatoms. The van der Waals surface area contributed by atoms with Crippen LogP contribution < -0.4 is 10.1 Å². The second-order valence-corrected chi connectivity index (χ2v) is 7.03. The first-order valence-electron chi connectivity index (χ1n) is 10.4. The molecule has 2 aromatic carbocycles. The summed E-state index contributed by atoms with van der Waals surface area (Å²) in [6, 6.07) is 17.1. The highest BCUT2D eigenvalue weighted by Crippen LogP contribution is 2.17. The number of amides is 2. The van der Waals surface area contributed by atoms with Crippen LogP contribution in [0.2, 0.25) is 0 Å². The van der Waals surface area contributed by atoms with E-state index >= 15 is 0 Å². The predicted molar refractivity (Wildman–Crippen MR) is 116 cm³/mol. The number of ether oxygens (including phenoxy) is 1. The SMILES string of the molecule is CCNC(=O)C(CC)N(Cc1ccccc1C)C(=O)CCCOc1ccccc1. The molecule has 5 nitrogen and oxygen atoms in total. The van der Waals surface area contributed by atoms with Crippen molar-refractivity contribution < 1.29 is 14.3 Å². The van der Waals surface area contributed by atoms with Gasteiger partial charge in [-0.2, -0.15) is 0 Å². The minimum absolute atomic E-state index is 0.0250. The lowest BCUT2D eigenvalue weighted by molar-refractivity contribution is -0.141. The highest BCUT2D eigenvalue weighted by Gasteiger charge is 2.28. The standard InChI is InChI=1S/C24H32N2O3/c1-4-22(24(28)25-5-2)26(18-20-13-10-9-12-19(20)3)23(27)16-11-17-29-21-14-7-6-8-15-21/h6-10,12-15,22H,4-5,11,16-18H2,1-3H3,(H,25,28). The Balaban J connectivity index is 2.05. The number of nitrogens with one attached hydrogen (secondary N) is 1. The zero-order valence-corrected chi connectivity index (χ0v) is 17.7. The molecule has 29 heavy (non-hydrogen) atoms. The maximum atomic E-state index is 13.1. The zero-order valence-electron chi connectivity index (χ0n) is 17.7. The van der Waals surface area contributed by atoms with Crippen LogP contribution in [-0.2, 0) is 16.1 Å². The van der Waals surface area contributed by atoms with Crippen molar-refractivity contribution in [1.29, 1.82) is 0 Å². The summed E-state index contributed by atoms with van der Waals surface area (Å²) in [5.41, 5.74) is 2.17. The van der Waals surface area contributed by atoms with E-state index in [1.165, 1.54) is 0 Å². The molecule has 0 heterocycles. The minimum Gasteiger partial charge on any atom is -0.494 e. The topological polar surface area (TPSA) is 58.6 Å². The van der Waals surface area contributed by atoms with Crippen LogP contribution in [0.5, 0.6) is 5.75 Å². The maximum Gasteiger partial charge on any atom is 0.242 e. The molecule has 0 aliphatic heterocycles. The Hall–Kier alpha value is -2.82. The Morgan fingerprint density at radius 1 is 1.03 bits per heavy atom. The molecule has 0 aliphatic carbocycles. The van der Waals surface area contributed by atoms with Gasteiger partial charge in [0.2, 0.25) is 11.8 Å². The minimum atomic E-state index is -0.475. The molecule has 0 fully saturated rings. The summed E-state index contributed by atoms with van der Waals surface area (Å²) in [4.78, 5) is 27.4. The van der Waals surface area contributed by atoms with Crippen molar-refractivity contribution in [3.05, 3.63) is 65.7 Å². The molecular weight excluding hydrogens is 364 g/mol. The first-order valence-corrected chi connectivity index (χ1v) is 10.4. The number of benzene rings is 2. The molecule has 1 atom stereocenters. The normalized spacial score (nSPS) is 11.6. The number of likely N-dealkylation sites (N-methyl/N-ethyl adjacent to an activating group) is 1. The van der Waals surface area contributed by atoms with Gasteiger partial charge in [-0.1, -0.05) is 49.4 Å². The summed E-state index contributed by atoms with van der Waals surface area (Å²) < 4.78 is 5.70. The molecule has 0 saturated carbocycles. The molecule has 0 aliphatic rings. The highest BCUT2D eigenvalue weighted by atomic mass is 16.5. The number of rotatable bonds is 11. The third kappa shape index (κ3) is 6.93. The third-order valence-corrected chi connectivity index (χ3v) is 4.89. The number of aryl methyl sites for hydroxylation is 1. The van der Waals surface area contributed by atoms with Gasteiger partial charge < -0.3 is 15.0 Å². The van der Waals surface area contributed by atoms with E-state index in [9.17, 15) is 9.59 Å². The number of carbonyl (C=O) groups is 2. The fraction of sp³-hybridized carbons (Fsp3) is 0.417.